The number of fused-ring (bicyclic) bond motifs is 6. The average Bonchev–Trinajstić information content (AvgIpc) is 4.07. The van der Waals surface area contributed by atoms with Crippen LogP contribution in [0.1, 0.15) is 0 Å². The van der Waals surface area contributed by atoms with Gasteiger partial charge in [-0.1, -0.05) is 84.4 Å². The van der Waals surface area contributed by atoms with Gasteiger partial charge in [-0.25, -0.2) is 19.9 Å². The molecule has 0 aliphatic carbocycles. The molecule has 5 aromatic carbocycles. The van der Waals surface area contributed by atoms with Gasteiger partial charge in [-0.2, -0.15) is 0 Å². The van der Waals surface area contributed by atoms with Crippen molar-refractivity contribution >= 4 is 77.5 Å². The summed E-state index contributed by atoms with van der Waals surface area (Å²) < 4.78 is 6.64. The van der Waals surface area contributed by atoms with Crippen LogP contribution < -0.4 is 16.3 Å². The Morgan fingerprint density at radius 2 is 0.926 bits per heavy atom. The van der Waals surface area contributed by atoms with E-state index in [2.05, 4.69) is 26.0 Å². The average molecular weight is 1070 g/mol. The van der Waals surface area contributed by atoms with Crippen LogP contribution in [0.15, 0.2) is 226 Å². The SMILES string of the molecule is O=c1cc[nH]c2nc(-c3ccc(-c4cnc5ccc(-c6cc7c(=O)cc[nH]c7nc6-c6ccc(-c7cnc8ccc(-c9cc%10c(=O)cc[nH]c%10nc9-c9ccccc9)cc8n7)o6)cc5c4)cc3)c(-c3cc(Cl)c4ncccc4c3)cc12. The summed E-state index contributed by atoms with van der Waals surface area (Å²) in [6, 6.07) is 53.2. The van der Waals surface area contributed by atoms with Crippen molar-refractivity contribution < 1.29 is 4.42 Å². The first kappa shape index (κ1) is 47.1. The van der Waals surface area contributed by atoms with Crippen molar-refractivity contribution in [1.29, 1.82) is 0 Å². The van der Waals surface area contributed by atoms with E-state index in [0.717, 1.165) is 66.4 Å². The second-order valence-electron chi connectivity index (χ2n) is 19.6. The molecule has 15 heteroatoms. The van der Waals surface area contributed by atoms with Crippen LogP contribution in [-0.4, -0.2) is 49.8 Å². The topological polar surface area (TPSA) is 202 Å². The molecule has 10 aromatic heterocycles. The van der Waals surface area contributed by atoms with Crippen molar-refractivity contribution in [3.8, 4) is 89.9 Å². The Hall–Kier alpha value is -11.1. The van der Waals surface area contributed by atoms with Crippen LogP contribution in [0.25, 0.3) is 156 Å². The molecule has 0 spiro atoms. The zero-order valence-corrected chi connectivity index (χ0v) is 43.0. The number of H-pyrrole nitrogens is 3. The number of rotatable bonds is 8. The van der Waals surface area contributed by atoms with Crippen molar-refractivity contribution in [3.05, 3.63) is 243 Å². The zero-order chi connectivity index (χ0) is 54.3. The predicted octanol–water partition coefficient (Wildman–Crippen LogP) is 14.0. The minimum Gasteiger partial charge on any atom is -0.453 e. The Balaban J connectivity index is 0.783. The van der Waals surface area contributed by atoms with E-state index in [1.807, 2.05) is 152 Å². The number of hydrogen-bond donors (Lipinski definition) is 3. The Bertz CT molecular complexity index is 5290. The number of aromatic nitrogens is 10. The molecule has 14 nitrogen and oxygen atoms in total. The van der Waals surface area contributed by atoms with Gasteiger partial charge in [0.2, 0.25) is 0 Å². The summed E-state index contributed by atoms with van der Waals surface area (Å²) in [7, 11) is 0. The van der Waals surface area contributed by atoms with Gasteiger partial charge in [0.1, 0.15) is 28.3 Å². The minimum absolute atomic E-state index is 0.134. The van der Waals surface area contributed by atoms with Crippen LogP contribution >= 0.6 is 11.6 Å². The summed E-state index contributed by atoms with van der Waals surface area (Å²) in [6.45, 7) is 0. The Kier molecular flexibility index (Phi) is 11.0. The van der Waals surface area contributed by atoms with E-state index in [4.69, 9.17) is 45.9 Å². The highest BCUT2D eigenvalue weighted by Gasteiger charge is 2.21. The molecule has 3 N–H and O–H groups in total. The smallest absolute Gasteiger partial charge is 0.191 e. The van der Waals surface area contributed by atoms with Crippen LogP contribution in [0.2, 0.25) is 5.02 Å². The van der Waals surface area contributed by atoms with Crippen LogP contribution in [0, 0.1) is 0 Å². The number of furan rings is 1. The lowest BCUT2D eigenvalue weighted by atomic mass is 9.95. The molecule has 81 heavy (non-hydrogen) atoms. The molecule has 10 heterocycles. The Labute approximate surface area is 462 Å². The predicted molar refractivity (Wildman–Crippen MR) is 319 cm³/mol. The third kappa shape index (κ3) is 8.29. The van der Waals surface area contributed by atoms with E-state index < -0.39 is 0 Å². The molecule has 0 atom stereocenters. The molecule has 0 fully saturated rings. The molecular formula is C66H37ClN10O4. The molecule has 0 unspecified atom stereocenters. The molecule has 0 radical (unpaired) electrons. The van der Waals surface area contributed by atoms with E-state index >= 15 is 0 Å². The van der Waals surface area contributed by atoms with E-state index in [1.165, 1.54) is 18.2 Å². The molecule has 15 rings (SSSR count). The second-order valence-corrected chi connectivity index (χ2v) is 20.0. The van der Waals surface area contributed by atoms with Crippen molar-refractivity contribution in [3.63, 3.8) is 0 Å². The van der Waals surface area contributed by atoms with E-state index in [0.29, 0.717) is 94.5 Å². The lowest BCUT2D eigenvalue weighted by Gasteiger charge is -2.13. The van der Waals surface area contributed by atoms with Crippen LogP contribution in [0.5, 0.6) is 0 Å². The highest BCUT2D eigenvalue weighted by molar-refractivity contribution is 6.35. The minimum atomic E-state index is -0.178. The molecule has 0 aliphatic rings. The van der Waals surface area contributed by atoms with Gasteiger partial charge < -0.3 is 19.4 Å². The first-order chi connectivity index (χ1) is 39.7. The summed E-state index contributed by atoms with van der Waals surface area (Å²) in [6.07, 6.45) is 10.0. The fraction of sp³-hybridized carbons (Fsp3) is 0. The van der Waals surface area contributed by atoms with Gasteiger partial charge >= 0.3 is 0 Å². The normalized spacial score (nSPS) is 11.7. The highest BCUT2D eigenvalue weighted by Crippen LogP contribution is 2.40. The summed E-state index contributed by atoms with van der Waals surface area (Å²) in [5.74, 6) is 0.907. The van der Waals surface area contributed by atoms with Crippen molar-refractivity contribution in [2.24, 2.45) is 0 Å². The van der Waals surface area contributed by atoms with Crippen LogP contribution in [0.4, 0.5) is 0 Å². The number of nitrogens with zero attached hydrogens (tertiary/aromatic N) is 7. The standard InChI is InChI=1S/C66H37ClN10O4/c67-50-28-41(26-40-7-4-21-68-62(40)50)46-32-49-57(80)19-23-70-65(49)76-61(46)37-10-8-35(9-11-37)43-27-42-25-38(12-14-51(42)72-33-43)45-31-48-56(79)20-24-71-66(48)77-63(45)59-17-16-58(81-59)54-34-73-52-15-13-39(29-53(52)74-54)44-30-47-55(78)18-22-69-64(47)75-60(44)36-5-2-1-3-6-36/h1-34H,(H,69,75,78)(H,70,76,80)(H,71,77,79). The lowest BCUT2D eigenvalue weighted by molar-refractivity contribution is 0.593. The number of aromatic amines is 3. The van der Waals surface area contributed by atoms with Crippen molar-refractivity contribution in [2.75, 3.05) is 0 Å². The summed E-state index contributed by atoms with van der Waals surface area (Å²) in [4.78, 5) is 83.1. The summed E-state index contributed by atoms with van der Waals surface area (Å²) in [5.41, 5.74) is 14.2. The van der Waals surface area contributed by atoms with E-state index in [9.17, 15) is 14.4 Å². The Morgan fingerprint density at radius 1 is 0.383 bits per heavy atom. The number of hydrogen-bond acceptors (Lipinski definition) is 11. The van der Waals surface area contributed by atoms with Crippen LogP contribution in [-0.2, 0) is 0 Å². The first-order valence-electron chi connectivity index (χ1n) is 25.8. The first-order valence-corrected chi connectivity index (χ1v) is 26.2. The fourth-order valence-electron chi connectivity index (χ4n) is 10.7. The quantitative estimate of drug-likeness (QED) is 0.131. The molecule has 0 saturated carbocycles. The largest absolute Gasteiger partial charge is 0.453 e. The number of halogens is 1. The summed E-state index contributed by atoms with van der Waals surface area (Å²) in [5, 5.41) is 3.58. The fourth-order valence-corrected chi connectivity index (χ4v) is 10.9. The van der Waals surface area contributed by atoms with Crippen molar-refractivity contribution in [1.82, 2.24) is 49.8 Å². The highest BCUT2D eigenvalue weighted by atomic mass is 35.5. The number of benzene rings is 5. The van der Waals surface area contributed by atoms with Gasteiger partial charge in [0.05, 0.1) is 60.8 Å². The van der Waals surface area contributed by atoms with Gasteiger partial charge in [-0.05, 0) is 101 Å². The third-order valence-corrected chi connectivity index (χ3v) is 15.0. The molecule has 0 saturated heterocycles. The van der Waals surface area contributed by atoms with Gasteiger partial charge in [-0.15, -0.1) is 0 Å². The zero-order valence-electron chi connectivity index (χ0n) is 42.3. The lowest BCUT2D eigenvalue weighted by Crippen LogP contribution is -2.03. The third-order valence-electron chi connectivity index (χ3n) is 14.7. The van der Waals surface area contributed by atoms with Gasteiger partial charge in [0, 0.05) is 93.3 Å². The summed E-state index contributed by atoms with van der Waals surface area (Å²) >= 11 is 6.79. The molecule has 382 valence electrons. The van der Waals surface area contributed by atoms with Gasteiger partial charge in [-0.3, -0.25) is 29.3 Å². The molecule has 15 aromatic rings. The second kappa shape index (κ2) is 18.8. The monoisotopic (exact) mass is 1070 g/mol. The number of pyridine rings is 8. The van der Waals surface area contributed by atoms with Gasteiger partial charge in [0.15, 0.2) is 27.8 Å². The van der Waals surface area contributed by atoms with E-state index in [1.54, 1.807) is 31.0 Å². The van der Waals surface area contributed by atoms with Crippen LogP contribution in [0.3, 0.4) is 0 Å². The molecule has 0 bridgehead atoms. The molecular weight excluding hydrogens is 1030 g/mol. The molecule has 0 amide bonds. The maximum absolute atomic E-state index is 13.4. The maximum atomic E-state index is 13.4. The maximum Gasteiger partial charge on any atom is 0.191 e. The van der Waals surface area contributed by atoms with Gasteiger partial charge in [0.25, 0.3) is 0 Å². The van der Waals surface area contributed by atoms with E-state index in [-0.39, 0.29) is 16.3 Å². The molecule has 0 aliphatic heterocycles. The number of nitrogens with one attached hydrogen (secondary N) is 3. The Morgan fingerprint density at radius 3 is 1.62 bits per heavy atom. The van der Waals surface area contributed by atoms with Crippen molar-refractivity contribution in [2.45, 2.75) is 0 Å².